The van der Waals surface area contributed by atoms with E-state index in [1.54, 1.807) is 6.92 Å². The van der Waals surface area contributed by atoms with Crippen LogP contribution in [-0.2, 0) is 4.79 Å². The van der Waals surface area contributed by atoms with Gasteiger partial charge in [0.05, 0.1) is 12.1 Å². The Kier molecular flexibility index (Phi) is 5.87. The van der Waals surface area contributed by atoms with Crippen LogP contribution in [0.4, 0.5) is 4.39 Å². The van der Waals surface area contributed by atoms with Gasteiger partial charge in [-0.05, 0) is 36.5 Å². The highest BCUT2D eigenvalue weighted by atomic mass is 19.1. The van der Waals surface area contributed by atoms with Crippen molar-refractivity contribution in [2.75, 3.05) is 0 Å². The number of amides is 1. The summed E-state index contributed by atoms with van der Waals surface area (Å²) in [5.74, 6) is -0.579. The van der Waals surface area contributed by atoms with Crippen molar-refractivity contribution in [3.8, 4) is 0 Å². The van der Waals surface area contributed by atoms with Crippen molar-refractivity contribution in [3.63, 3.8) is 0 Å². The molecular formula is C16H25FN2O2. The smallest absolute Gasteiger partial charge is 0.237 e. The van der Waals surface area contributed by atoms with Crippen molar-refractivity contribution in [2.24, 2.45) is 11.1 Å². The molecule has 5 heteroatoms. The van der Waals surface area contributed by atoms with Gasteiger partial charge in [-0.25, -0.2) is 4.39 Å². The summed E-state index contributed by atoms with van der Waals surface area (Å²) < 4.78 is 12.8. The number of aliphatic hydroxyl groups is 1. The lowest BCUT2D eigenvalue weighted by molar-refractivity contribution is -0.125. The number of nitrogens with two attached hydrogens (primary N) is 1. The number of carbonyl (C=O) groups is 1. The van der Waals surface area contributed by atoms with E-state index in [4.69, 9.17) is 5.73 Å². The molecule has 0 aliphatic rings. The number of carbonyl (C=O) groups excluding carboxylic acids is 1. The second kappa shape index (κ2) is 7.00. The zero-order valence-corrected chi connectivity index (χ0v) is 13.1. The molecule has 0 heterocycles. The fourth-order valence-corrected chi connectivity index (χ4v) is 1.94. The molecule has 0 aromatic heterocycles. The molecular weight excluding hydrogens is 271 g/mol. The summed E-state index contributed by atoms with van der Waals surface area (Å²) in [5, 5.41) is 12.9. The van der Waals surface area contributed by atoms with Crippen LogP contribution < -0.4 is 11.1 Å². The fourth-order valence-electron chi connectivity index (χ4n) is 1.94. The van der Waals surface area contributed by atoms with Gasteiger partial charge in [0.1, 0.15) is 5.82 Å². The Morgan fingerprint density at radius 1 is 1.33 bits per heavy atom. The van der Waals surface area contributed by atoms with E-state index in [-0.39, 0.29) is 23.2 Å². The van der Waals surface area contributed by atoms with Gasteiger partial charge in [0.2, 0.25) is 5.91 Å². The molecule has 0 aliphatic carbocycles. The van der Waals surface area contributed by atoms with E-state index in [1.807, 2.05) is 20.8 Å². The number of rotatable bonds is 5. The van der Waals surface area contributed by atoms with Gasteiger partial charge in [-0.3, -0.25) is 4.79 Å². The van der Waals surface area contributed by atoms with E-state index in [0.717, 1.165) is 0 Å². The topological polar surface area (TPSA) is 75.3 Å². The van der Waals surface area contributed by atoms with E-state index in [9.17, 15) is 14.3 Å². The monoisotopic (exact) mass is 296 g/mol. The first-order valence-corrected chi connectivity index (χ1v) is 7.10. The lowest BCUT2D eigenvalue weighted by atomic mass is 9.86. The van der Waals surface area contributed by atoms with E-state index in [2.05, 4.69) is 5.32 Å². The SMILES string of the molecule is CC(CC(O)c1ccc(F)cc1)NC(=O)[C@@H](N)C(C)(C)C. The van der Waals surface area contributed by atoms with Gasteiger partial charge in [-0.1, -0.05) is 32.9 Å². The highest BCUT2D eigenvalue weighted by molar-refractivity contribution is 5.82. The predicted molar refractivity (Wildman–Crippen MR) is 81.0 cm³/mol. The highest BCUT2D eigenvalue weighted by Crippen LogP contribution is 2.20. The van der Waals surface area contributed by atoms with Gasteiger partial charge in [-0.15, -0.1) is 0 Å². The van der Waals surface area contributed by atoms with E-state index in [1.165, 1.54) is 24.3 Å². The molecule has 0 saturated heterocycles. The predicted octanol–water partition coefficient (Wildman–Crippen LogP) is 2.13. The summed E-state index contributed by atoms with van der Waals surface area (Å²) in [6.07, 6.45) is -0.416. The molecule has 4 nitrogen and oxygen atoms in total. The molecule has 0 bridgehead atoms. The zero-order valence-electron chi connectivity index (χ0n) is 13.1. The fraction of sp³-hybridized carbons (Fsp3) is 0.562. The third-order valence-corrected chi connectivity index (χ3v) is 3.44. The maximum atomic E-state index is 12.8. The van der Waals surface area contributed by atoms with Crippen LogP contribution in [0.15, 0.2) is 24.3 Å². The largest absolute Gasteiger partial charge is 0.388 e. The molecule has 1 rings (SSSR count). The molecule has 1 aromatic rings. The summed E-state index contributed by atoms with van der Waals surface area (Å²) in [4.78, 5) is 12.0. The molecule has 0 spiro atoms. The van der Waals surface area contributed by atoms with Gasteiger partial charge >= 0.3 is 0 Å². The molecule has 2 unspecified atom stereocenters. The Bertz CT molecular complexity index is 468. The first-order valence-electron chi connectivity index (χ1n) is 7.10. The van der Waals surface area contributed by atoms with E-state index >= 15 is 0 Å². The summed E-state index contributed by atoms with van der Waals surface area (Å²) in [6.45, 7) is 7.50. The lowest BCUT2D eigenvalue weighted by Crippen LogP contribution is -2.51. The molecule has 0 fully saturated rings. The zero-order chi connectivity index (χ0) is 16.2. The van der Waals surface area contributed by atoms with E-state index < -0.39 is 12.1 Å². The third kappa shape index (κ3) is 5.44. The van der Waals surface area contributed by atoms with Gasteiger partial charge in [-0.2, -0.15) is 0 Å². The van der Waals surface area contributed by atoms with Crippen molar-refractivity contribution < 1.29 is 14.3 Å². The number of nitrogens with one attached hydrogen (secondary N) is 1. The first-order chi connectivity index (χ1) is 9.61. The van der Waals surface area contributed by atoms with Crippen molar-refractivity contribution in [3.05, 3.63) is 35.6 Å². The van der Waals surface area contributed by atoms with Gasteiger partial charge in [0.25, 0.3) is 0 Å². The number of aliphatic hydroxyl groups excluding tert-OH is 1. The Balaban J connectivity index is 2.55. The van der Waals surface area contributed by atoms with Crippen LogP contribution in [0.5, 0.6) is 0 Å². The van der Waals surface area contributed by atoms with Crippen LogP contribution >= 0.6 is 0 Å². The van der Waals surface area contributed by atoms with Crippen LogP contribution in [0.3, 0.4) is 0 Å². The van der Waals surface area contributed by atoms with Gasteiger partial charge < -0.3 is 16.2 Å². The van der Waals surface area contributed by atoms with Crippen LogP contribution in [-0.4, -0.2) is 23.1 Å². The Morgan fingerprint density at radius 3 is 2.33 bits per heavy atom. The standard InChI is InChI=1S/C16H25FN2O2/c1-10(19-15(21)14(18)16(2,3)4)9-13(20)11-5-7-12(17)8-6-11/h5-8,10,13-14,20H,9,18H2,1-4H3,(H,19,21)/t10?,13?,14-/m1/s1. The molecule has 0 aliphatic heterocycles. The average Bonchev–Trinajstić information content (AvgIpc) is 2.37. The normalized spacial score (nSPS) is 16.1. The minimum absolute atomic E-state index is 0.231. The summed E-state index contributed by atoms with van der Waals surface area (Å²) >= 11 is 0. The molecule has 0 saturated carbocycles. The van der Waals surface area contributed by atoms with Crippen molar-refractivity contribution >= 4 is 5.91 Å². The molecule has 1 aromatic carbocycles. The van der Waals surface area contributed by atoms with Gasteiger partial charge in [0, 0.05) is 6.04 Å². The molecule has 0 radical (unpaired) electrons. The minimum atomic E-state index is -0.758. The molecule has 4 N–H and O–H groups in total. The summed E-state index contributed by atoms with van der Waals surface area (Å²) in [5.41, 5.74) is 6.19. The molecule has 118 valence electrons. The second-order valence-corrected chi connectivity index (χ2v) is 6.56. The van der Waals surface area contributed by atoms with Crippen LogP contribution in [0.25, 0.3) is 0 Å². The summed E-state index contributed by atoms with van der Waals surface area (Å²) in [7, 11) is 0. The average molecular weight is 296 g/mol. The van der Waals surface area contributed by atoms with Crippen LogP contribution in [0, 0.1) is 11.2 Å². The van der Waals surface area contributed by atoms with Crippen molar-refractivity contribution in [1.29, 1.82) is 0 Å². The highest BCUT2D eigenvalue weighted by Gasteiger charge is 2.28. The number of hydrogen-bond donors (Lipinski definition) is 3. The maximum Gasteiger partial charge on any atom is 0.237 e. The maximum absolute atomic E-state index is 12.8. The Labute approximate surface area is 125 Å². The molecule has 21 heavy (non-hydrogen) atoms. The number of benzene rings is 1. The van der Waals surface area contributed by atoms with Gasteiger partial charge in [0.15, 0.2) is 0 Å². The minimum Gasteiger partial charge on any atom is -0.388 e. The quantitative estimate of drug-likeness (QED) is 0.779. The van der Waals surface area contributed by atoms with Crippen LogP contribution in [0.1, 0.15) is 45.8 Å². The second-order valence-electron chi connectivity index (χ2n) is 6.56. The molecule has 1 amide bonds. The lowest BCUT2D eigenvalue weighted by Gasteiger charge is -2.28. The number of halogens is 1. The van der Waals surface area contributed by atoms with Crippen LogP contribution in [0.2, 0.25) is 0 Å². The number of hydrogen-bond acceptors (Lipinski definition) is 3. The first kappa shape index (κ1) is 17.6. The summed E-state index contributed by atoms with van der Waals surface area (Å²) in [6, 6.07) is 4.84. The Morgan fingerprint density at radius 2 is 1.86 bits per heavy atom. The van der Waals surface area contributed by atoms with Crippen molar-refractivity contribution in [2.45, 2.75) is 52.3 Å². The Hall–Kier alpha value is -1.46. The molecule has 3 atom stereocenters. The third-order valence-electron chi connectivity index (χ3n) is 3.44. The van der Waals surface area contributed by atoms with E-state index in [0.29, 0.717) is 12.0 Å². The van der Waals surface area contributed by atoms with Crippen molar-refractivity contribution in [1.82, 2.24) is 5.32 Å².